The van der Waals surface area contributed by atoms with E-state index in [1.165, 1.54) is 12.7 Å². The van der Waals surface area contributed by atoms with Crippen LogP contribution < -0.4 is 5.32 Å². The maximum Gasteiger partial charge on any atom is 0.326 e. The van der Waals surface area contributed by atoms with Gasteiger partial charge in [0.05, 0.1) is 6.33 Å². The lowest BCUT2D eigenvalue weighted by molar-refractivity contribution is -0.138. The minimum Gasteiger partial charge on any atom is -0.480 e. The van der Waals surface area contributed by atoms with Crippen molar-refractivity contribution < 1.29 is 9.90 Å². The van der Waals surface area contributed by atoms with Gasteiger partial charge >= 0.3 is 5.97 Å². The van der Waals surface area contributed by atoms with E-state index in [0.29, 0.717) is 23.4 Å². The third-order valence-electron chi connectivity index (χ3n) is 2.68. The molecule has 0 saturated heterocycles. The highest BCUT2D eigenvalue weighted by Gasteiger charge is 2.18. The van der Waals surface area contributed by atoms with Crippen molar-refractivity contribution in [3.63, 3.8) is 0 Å². The van der Waals surface area contributed by atoms with Crippen LogP contribution in [0.25, 0.3) is 11.2 Å². The Morgan fingerprint density at radius 2 is 2.26 bits per heavy atom. The van der Waals surface area contributed by atoms with Gasteiger partial charge in [-0.2, -0.15) is 0 Å². The molecule has 0 aromatic carbocycles. The van der Waals surface area contributed by atoms with Gasteiger partial charge in [0.15, 0.2) is 11.5 Å². The molecule has 0 saturated carbocycles. The van der Waals surface area contributed by atoms with Crippen LogP contribution in [0.5, 0.6) is 0 Å². The predicted molar refractivity (Wildman–Crippen MR) is 73.5 cm³/mol. The molecule has 0 unspecified atom stereocenters. The number of carbonyl (C=O) groups is 1. The molecule has 0 radical (unpaired) electrons. The van der Waals surface area contributed by atoms with E-state index in [-0.39, 0.29) is 12.4 Å². The molecule has 7 nitrogen and oxygen atoms in total. The second kappa shape index (κ2) is 6.89. The Morgan fingerprint density at radius 3 is 2.95 bits per heavy atom. The smallest absolute Gasteiger partial charge is 0.326 e. The molecule has 0 spiro atoms. The second-order valence-corrected chi connectivity index (χ2v) is 4.00. The zero-order valence-corrected chi connectivity index (χ0v) is 11.3. The monoisotopic (exact) mass is 285 g/mol. The van der Waals surface area contributed by atoms with Gasteiger partial charge in [0, 0.05) is 0 Å². The molecule has 2 aromatic rings. The number of unbranched alkanes of at least 4 members (excludes halogenated alkanes) is 1. The number of halogens is 1. The van der Waals surface area contributed by atoms with Gasteiger partial charge in [-0.25, -0.2) is 19.7 Å². The summed E-state index contributed by atoms with van der Waals surface area (Å²) in [5, 5.41) is 12.1. The number of aliphatic carboxylic acids is 1. The van der Waals surface area contributed by atoms with Crippen LogP contribution in [-0.2, 0) is 4.79 Å². The molecule has 2 aromatic heterocycles. The van der Waals surface area contributed by atoms with Crippen LogP contribution >= 0.6 is 12.4 Å². The number of nitrogens with one attached hydrogen (secondary N) is 2. The summed E-state index contributed by atoms with van der Waals surface area (Å²) >= 11 is 0. The van der Waals surface area contributed by atoms with E-state index in [1.54, 1.807) is 0 Å². The molecule has 0 amide bonds. The third-order valence-corrected chi connectivity index (χ3v) is 2.68. The lowest BCUT2D eigenvalue weighted by atomic mass is 10.1. The summed E-state index contributed by atoms with van der Waals surface area (Å²) in [5.74, 6) is -0.407. The Labute approximate surface area is 116 Å². The van der Waals surface area contributed by atoms with Gasteiger partial charge in [0.25, 0.3) is 0 Å². The average molecular weight is 286 g/mol. The molecule has 19 heavy (non-hydrogen) atoms. The van der Waals surface area contributed by atoms with Gasteiger partial charge in [0.2, 0.25) is 0 Å². The molecule has 1 atom stereocenters. The first kappa shape index (κ1) is 15.2. The highest BCUT2D eigenvalue weighted by molar-refractivity contribution is 5.86. The molecule has 8 heteroatoms. The molecule has 0 fully saturated rings. The van der Waals surface area contributed by atoms with Gasteiger partial charge in [0.1, 0.15) is 17.9 Å². The van der Waals surface area contributed by atoms with Crippen molar-refractivity contribution >= 4 is 35.4 Å². The molecule has 0 aliphatic carbocycles. The van der Waals surface area contributed by atoms with Crippen molar-refractivity contribution in [1.29, 1.82) is 0 Å². The summed E-state index contributed by atoms with van der Waals surface area (Å²) in [4.78, 5) is 26.1. The minimum absolute atomic E-state index is 0. The molecule has 2 rings (SSSR count). The van der Waals surface area contributed by atoms with E-state index < -0.39 is 12.0 Å². The largest absolute Gasteiger partial charge is 0.480 e. The van der Waals surface area contributed by atoms with Crippen LogP contribution in [0, 0.1) is 0 Å². The Kier molecular flexibility index (Phi) is 5.50. The molecule has 104 valence electrons. The maximum absolute atomic E-state index is 11.2. The maximum atomic E-state index is 11.2. The summed E-state index contributed by atoms with van der Waals surface area (Å²) in [6, 6.07) is -0.647. The molecule has 0 bridgehead atoms. The highest BCUT2D eigenvalue weighted by Crippen LogP contribution is 2.17. The predicted octanol–water partition coefficient (Wildman–Crippen LogP) is 1.83. The normalized spacial score (nSPS) is 11.8. The number of imidazole rings is 1. The average Bonchev–Trinajstić information content (AvgIpc) is 2.83. The fourth-order valence-corrected chi connectivity index (χ4v) is 1.71. The van der Waals surface area contributed by atoms with E-state index in [9.17, 15) is 4.79 Å². The zero-order chi connectivity index (χ0) is 13.0. The van der Waals surface area contributed by atoms with Gasteiger partial charge in [-0.1, -0.05) is 19.8 Å². The lowest BCUT2D eigenvalue weighted by Crippen LogP contribution is -2.29. The van der Waals surface area contributed by atoms with Crippen molar-refractivity contribution in [2.24, 2.45) is 0 Å². The first-order chi connectivity index (χ1) is 8.72. The van der Waals surface area contributed by atoms with Crippen molar-refractivity contribution in [2.45, 2.75) is 32.2 Å². The number of anilines is 1. The molecular formula is C11H16ClN5O2. The van der Waals surface area contributed by atoms with Crippen LogP contribution in [0.4, 0.5) is 5.82 Å². The number of hydrogen-bond donors (Lipinski definition) is 3. The highest BCUT2D eigenvalue weighted by atomic mass is 35.5. The standard InChI is InChI=1S/C11H15N5O2.ClH/c1-2-3-4-7(11(17)18)16-10-8-9(13-5-12-8)14-6-15-10;/h5-7H,2-4H2,1H3,(H,17,18)(H2,12,13,14,15,16);1H/t7-;/m0./s1. The number of carboxylic acid groups (broad SMARTS) is 1. The van der Waals surface area contributed by atoms with Crippen LogP contribution in [0.2, 0.25) is 0 Å². The van der Waals surface area contributed by atoms with Crippen LogP contribution in [-0.4, -0.2) is 37.1 Å². The summed E-state index contributed by atoms with van der Waals surface area (Å²) < 4.78 is 0. The number of aromatic amines is 1. The summed E-state index contributed by atoms with van der Waals surface area (Å²) in [6.07, 6.45) is 5.23. The van der Waals surface area contributed by atoms with Crippen LogP contribution in [0.1, 0.15) is 26.2 Å². The molecule has 0 aliphatic heterocycles. The summed E-state index contributed by atoms with van der Waals surface area (Å²) in [7, 11) is 0. The van der Waals surface area contributed by atoms with Gasteiger partial charge in [-0.05, 0) is 6.42 Å². The van der Waals surface area contributed by atoms with Gasteiger partial charge in [-0.3, -0.25) is 0 Å². The Hall–Kier alpha value is -1.89. The van der Waals surface area contributed by atoms with E-state index in [2.05, 4.69) is 25.3 Å². The Balaban J connectivity index is 0.00000180. The first-order valence-electron chi connectivity index (χ1n) is 5.85. The zero-order valence-electron chi connectivity index (χ0n) is 10.5. The van der Waals surface area contributed by atoms with E-state index >= 15 is 0 Å². The molecular weight excluding hydrogens is 270 g/mol. The first-order valence-corrected chi connectivity index (χ1v) is 5.85. The molecule has 0 aliphatic rings. The van der Waals surface area contributed by atoms with Gasteiger partial charge < -0.3 is 15.4 Å². The third kappa shape index (κ3) is 3.54. The summed E-state index contributed by atoms with van der Waals surface area (Å²) in [5.41, 5.74) is 1.15. The Bertz CT molecular complexity index is 545. The summed E-state index contributed by atoms with van der Waals surface area (Å²) in [6.45, 7) is 2.02. The topological polar surface area (TPSA) is 104 Å². The van der Waals surface area contributed by atoms with E-state index in [0.717, 1.165) is 12.8 Å². The number of H-pyrrole nitrogens is 1. The number of aromatic nitrogens is 4. The lowest BCUT2D eigenvalue weighted by Gasteiger charge is -2.14. The quantitative estimate of drug-likeness (QED) is 0.748. The SMILES string of the molecule is CCCC[C@H](Nc1ncnc2nc[nH]c12)C(=O)O.Cl. The van der Waals surface area contributed by atoms with Crippen molar-refractivity contribution in [1.82, 2.24) is 19.9 Å². The Morgan fingerprint density at radius 1 is 1.47 bits per heavy atom. The number of fused-ring (bicyclic) bond motifs is 1. The molecule has 3 N–H and O–H groups in total. The number of nitrogens with zero attached hydrogens (tertiary/aromatic N) is 3. The number of carboxylic acids is 1. The van der Waals surface area contributed by atoms with Gasteiger partial charge in [-0.15, -0.1) is 12.4 Å². The van der Waals surface area contributed by atoms with E-state index in [4.69, 9.17) is 5.11 Å². The van der Waals surface area contributed by atoms with Crippen molar-refractivity contribution in [3.05, 3.63) is 12.7 Å². The van der Waals surface area contributed by atoms with Crippen LogP contribution in [0.15, 0.2) is 12.7 Å². The second-order valence-electron chi connectivity index (χ2n) is 4.00. The fourth-order valence-electron chi connectivity index (χ4n) is 1.71. The fraction of sp³-hybridized carbons (Fsp3) is 0.455. The van der Waals surface area contributed by atoms with E-state index in [1.807, 2.05) is 6.92 Å². The minimum atomic E-state index is -0.880. The molecule has 2 heterocycles. The van der Waals surface area contributed by atoms with Crippen LogP contribution in [0.3, 0.4) is 0 Å². The van der Waals surface area contributed by atoms with Crippen molar-refractivity contribution in [2.75, 3.05) is 5.32 Å². The number of hydrogen-bond acceptors (Lipinski definition) is 5. The van der Waals surface area contributed by atoms with Crippen molar-refractivity contribution in [3.8, 4) is 0 Å². The number of rotatable bonds is 6.